The summed E-state index contributed by atoms with van der Waals surface area (Å²) in [5, 5.41) is 11.4. The molecular weight excluding hydrogens is 368 g/mol. The molecule has 0 unspecified atom stereocenters. The first kappa shape index (κ1) is 19.0. The van der Waals surface area contributed by atoms with Crippen LogP contribution in [0.3, 0.4) is 0 Å². The predicted octanol–water partition coefficient (Wildman–Crippen LogP) is 2.51. The van der Waals surface area contributed by atoms with Crippen LogP contribution in [0.25, 0.3) is 0 Å². The van der Waals surface area contributed by atoms with Crippen molar-refractivity contribution in [2.75, 3.05) is 43.4 Å². The molecule has 9 heteroatoms. The van der Waals surface area contributed by atoms with E-state index in [-0.39, 0.29) is 0 Å². The van der Waals surface area contributed by atoms with Gasteiger partial charge in [0.2, 0.25) is 17.8 Å². The molecule has 0 radical (unpaired) electrons. The Balaban J connectivity index is 1.47. The second kappa shape index (κ2) is 8.78. The number of aromatic nitrogens is 5. The van der Waals surface area contributed by atoms with Crippen molar-refractivity contribution in [3.05, 3.63) is 48.3 Å². The lowest BCUT2D eigenvalue weighted by Gasteiger charge is -2.32. The van der Waals surface area contributed by atoms with Crippen LogP contribution >= 0.6 is 0 Å². The van der Waals surface area contributed by atoms with Gasteiger partial charge in [0.25, 0.3) is 0 Å². The largest absolute Gasteiger partial charge is 0.438 e. The summed E-state index contributed by atoms with van der Waals surface area (Å²) in [6, 6.07) is 13.0. The van der Waals surface area contributed by atoms with Crippen LogP contribution < -0.4 is 15.0 Å². The topological polar surface area (TPSA) is 92.2 Å². The smallest absolute Gasteiger partial charge is 0.238 e. The monoisotopic (exact) mass is 392 g/mol. The van der Waals surface area contributed by atoms with E-state index in [9.17, 15) is 0 Å². The molecule has 1 aliphatic heterocycles. The van der Waals surface area contributed by atoms with E-state index in [4.69, 9.17) is 4.74 Å². The molecule has 3 heterocycles. The third-order valence-electron chi connectivity index (χ3n) is 4.62. The van der Waals surface area contributed by atoms with Gasteiger partial charge in [0.15, 0.2) is 5.82 Å². The van der Waals surface area contributed by atoms with Gasteiger partial charge in [-0.1, -0.05) is 25.1 Å². The predicted molar refractivity (Wildman–Crippen MR) is 111 cm³/mol. The number of nitrogens with one attached hydrogen (secondary N) is 1. The molecule has 3 aromatic rings. The molecule has 29 heavy (non-hydrogen) atoms. The Morgan fingerprint density at radius 2 is 1.72 bits per heavy atom. The highest BCUT2D eigenvalue weighted by molar-refractivity contribution is 5.49. The van der Waals surface area contributed by atoms with Gasteiger partial charge in [0, 0.05) is 38.7 Å². The van der Waals surface area contributed by atoms with Crippen LogP contribution in [0.1, 0.15) is 12.7 Å². The van der Waals surface area contributed by atoms with Crippen molar-refractivity contribution in [1.82, 2.24) is 30.0 Å². The fourth-order valence-electron chi connectivity index (χ4n) is 2.93. The Labute approximate surface area is 169 Å². The summed E-state index contributed by atoms with van der Waals surface area (Å²) in [6.07, 6.45) is 0.730. The van der Waals surface area contributed by atoms with Crippen molar-refractivity contribution in [3.63, 3.8) is 0 Å². The molecule has 1 N–H and O–H groups in total. The number of nitrogens with zero attached hydrogens (tertiary/aromatic N) is 7. The maximum absolute atomic E-state index is 5.67. The fraction of sp³-hybridized carbons (Fsp3) is 0.350. The van der Waals surface area contributed by atoms with Crippen LogP contribution in [-0.2, 0) is 6.42 Å². The first-order valence-electron chi connectivity index (χ1n) is 9.71. The molecule has 9 nitrogen and oxygen atoms in total. The number of ether oxygens (including phenoxy) is 1. The highest BCUT2D eigenvalue weighted by atomic mass is 16.5. The van der Waals surface area contributed by atoms with Crippen molar-refractivity contribution in [1.29, 1.82) is 0 Å². The molecule has 0 spiro atoms. The van der Waals surface area contributed by atoms with E-state index in [1.54, 1.807) is 12.1 Å². The number of hydrogen-bond donors (Lipinski definition) is 1. The minimum atomic E-state index is 0.421. The SMILES string of the molecule is CCc1nc(Nc2ccc(Oc3ccccc3)nn2)nc(N2CCN(C)CC2)n1. The maximum Gasteiger partial charge on any atom is 0.238 e. The van der Waals surface area contributed by atoms with Crippen molar-refractivity contribution in [2.24, 2.45) is 0 Å². The van der Waals surface area contributed by atoms with Gasteiger partial charge in [-0.15, -0.1) is 10.2 Å². The Morgan fingerprint density at radius 1 is 0.931 bits per heavy atom. The number of aryl methyl sites for hydroxylation is 1. The lowest BCUT2D eigenvalue weighted by atomic mass is 10.3. The molecule has 1 fully saturated rings. The summed E-state index contributed by atoms with van der Waals surface area (Å²) in [7, 11) is 2.12. The lowest BCUT2D eigenvalue weighted by molar-refractivity contribution is 0.311. The number of hydrogen-bond acceptors (Lipinski definition) is 9. The number of piperazine rings is 1. The third kappa shape index (κ3) is 4.94. The number of benzene rings is 1. The molecule has 0 amide bonds. The van der Waals surface area contributed by atoms with E-state index in [1.165, 1.54) is 0 Å². The Bertz CT molecular complexity index is 927. The second-order valence-electron chi connectivity index (χ2n) is 6.82. The average Bonchev–Trinajstić information content (AvgIpc) is 2.76. The van der Waals surface area contributed by atoms with Crippen LogP contribution in [0.15, 0.2) is 42.5 Å². The van der Waals surface area contributed by atoms with E-state index in [1.807, 2.05) is 37.3 Å². The maximum atomic E-state index is 5.67. The molecule has 0 saturated carbocycles. The van der Waals surface area contributed by atoms with Crippen molar-refractivity contribution in [3.8, 4) is 11.6 Å². The van der Waals surface area contributed by atoms with Gasteiger partial charge < -0.3 is 19.9 Å². The van der Waals surface area contributed by atoms with E-state index in [2.05, 4.69) is 47.3 Å². The Morgan fingerprint density at radius 3 is 2.41 bits per heavy atom. The summed E-state index contributed by atoms with van der Waals surface area (Å²) < 4.78 is 5.67. The van der Waals surface area contributed by atoms with Crippen LogP contribution in [0.2, 0.25) is 0 Å². The Hall–Kier alpha value is -3.33. The summed E-state index contributed by atoms with van der Waals surface area (Å²) in [5.74, 6) is 3.59. The van der Waals surface area contributed by atoms with Crippen molar-refractivity contribution in [2.45, 2.75) is 13.3 Å². The van der Waals surface area contributed by atoms with Crippen molar-refractivity contribution < 1.29 is 4.74 Å². The molecule has 1 aromatic carbocycles. The zero-order valence-electron chi connectivity index (χ0n) is 16.6. The van der Waals surface area contributed by atoms with Gasteiger partial charge in [0.05, 0.1) is 0 Å². The second-order valence-corrected chi connectivity index (χ2v) is 6.82. The average molecular weight is 392 g/mol. The summed E-state index contributed by atoms with van der Waals surface area (Å²) in [6.45, 7) is 5.81. The van der Waals surface area contributed by atoms with Crippen LogP contribution in [-0.4, -0.2) is 63.3 Å². The summed E-state index contributed by atoms with van der Waals surface area (Å²) >= 11 is 0. The van der Waals surface area contributed by atoms with Gasteiger partial charge in [-0.2, -0.15) is 15.0 Å². The first-order chi connectivity index (χ1) is 14.2. The van der Waals surface area contributed by atoms with Crippen molar-refractivity contribution >= 4 is 17.7 Å². The molecular formula is C20H24N8O. The molecule has 4 rings (SSSR count). The normalized spacial score (nSPS) is 14.6. The zero-order chi connectivity index (χ0) is 20.1. The number of likely N-dealkylation sites (N-methyl/N-ethyl adjacent to an activating group) is 1. The fourth-order valence-corrected chi connectivity index (χ4v) is 2.93. The van der Waals surface area contributed by atoms with Gasteiger partial charge in [0.1, 0.15) is 11.6 Å². The molecule has 0 aliphatic carbocycles. The molecule has 1 saturated heterocycles. The lowest BCUT2D eigenvalue weighted by Crippen LogP contribution is -2.45. The zero-order valence-corrected chi connectivity index (χ0v) is 16.6. The first-order valence-corrected chi connectivity index (χ1v) is 9.71. The molecule has 150 valence electrons. The minimum absolute atomic E-state index is 0.421. The van der Waals surface area contributed by atoms with E-state index >= 15 is 0 Å². The van der Waals surface area contributed by atoms with Gasteiger partial charge in [-0.05, 0) is 25.2 Å². The highest BCUT2D eigenvalue weighted by Gasteiger charge is 2.18. The van der Waals surface area contributed by atoms with E-state index in [0.717, 1.165) is 38.4 Å². The number of para-hydroxylation sites is 1. The number of rotatable bonds is 6. The summed E-state index contributed by atoms with van der Waals surface area (Å²) in [5.41, 5.74) is 0. The van der Waals surface area contributed by atoms with Gasteiger partial charge >= 0.3 is 0 Å². The quantitative estimate of drug-likeness (QED) is 0.679. The molecule has 2 aromatic heterocycles. The van der Waals surface area contributed by atoms with Gasteiger partial charge in [-0.3, -0.25) is 0 Å². The highest BCUT2D eigenvalue weighted by Crippen LogP contribution is 2.20. The molecule has 1 aliphatic rings. The van der Waals surface area contributed by atoms with Gasteiger partial charge in [-0.25, -0.2) is 0 Å². The van der Waals surface area contributed by atoms with Crippen LogP contribution in [0.5, 0.6) is 11.6 Å². The number of anilines is 3. The van der Waals surface area contributed by atoms with E-state index < -0.39 is 0 Å². The summed E-state index contributed by atoms with van der Waals surface area (Å²) in [4.78, 5) is 18.1. The molecule has 0 atom stereocenters. The third-order valence-corrected chi connectivity index (χ3v) is 4.62. The molecule has 0 bridgehead atoms. The van der Waals surface area contributed by atoms with Crippen LogP contribution in [0.4, 0.5) is 17.7 Å². The van der Waals surface area contributed by atoms with E-state index in [0.29, 0.717) is 29.3 Å². The van der Waals surface area contributed by atoms with Crippen LogP contribution in [0, 0.1) is 0 Å². The standard InChI is InChI=1S/C20H24N8O/c1-3-16-21-19(24-20(23-16)28-13-11-27(2)12-14-28)22-17-9-10-18(26-25-17)29-15-7-5-4-6-8-15/h4-10H,3,11-14H2,1-2H3,(H,21,22,23,24,25). The Kier molecular flexibility index (Phi) is 5.76. The minimum Gasteiger partial charge on any atom is -0.438 e.